The number of unbranched alkanes of at least 4 members (excludes halogenated alkanes) is 2. The molecule has 2 aromatic heterocycles. The summed E-state index contributed by atoms with van der Waals surface area (Å²) in [6, 6.07) is 0. The molecule has 2 aromatic rings. The van der Waals surface area contributed by atoms with Crippen molar-refractivity contribution in [2.45, 2.75) is 63.9 Å². The zero-order chi connectivity index (χ0) is 17.7. The molecule has 1 N–H and O–H groups in total. The van der Waals surface area contributed by atoms with E-state index < -0.39 is 0 Å². The maximum Gasteiger partial charge on any atom is 0.237 e. The summed E-state index contributed by atoms with van der Waals surface area (Å²) in [4.78, 5) is 12.5. The van der Waals surface area contributed by atoms with Gasteiger partial charge in [-0.15, -0.1) is 10.2 Å². The first kappa shape index (κ1) is 18.5. The van der Waals surface area contributed by atoms with Gasteiger partial charge < -0.3 is 9.88 Å². The Hall–Kier alpha value is -1.83. The van der Waals surface area contributed by atoms with Gasteiger partial charge in [-0.2, -0.15) is 5.10 Å². The summed E-state index contributed by atoms with van der Waals surface area (Å²) in [6.07, 6.45) is 5.18. The Bertz CT molecular complexity index is 693. The maximum absolute atomic E-state index is 12.5. The van der Waals surface area contributed by atoms with Gasteiger partial charge >= 0.3 is 0 Å². The lowest BCUT2D eigenvalue weighted by Crippen LogP contribution is -2.23. The number of aromatic nitrogens is 5. The molecule has 0 radical (unpaired) electrons. The summed E-state index contributed by atoms with van der Waals surface area (Å²) in [5.74, 6) is -0.0534. The van der Waals surface area contributed by atoms with Crippen LogP contribution in [0.1, 0.15) is 44.5 Å². The monoisotopic (exact) mass is 350 g/mol. The van der Waals surface area contributed by atoms with Crippen molar-refractivity contribution < 1.29 is 4.79 Å². The number of nitrogens with one attached hydrogen (secondary N) is 1. The van der Waals surface area contributed by atoms with Crippen molar-refractivity contribution in [2.24, 2.45) is 7.05 Å². The average Bonchev–Trinajstić information content (AvgIpc) is 3.07. The Balaban J connectivity index is 1.98. The van der Waals surface area contributed by atoms with Crippen LogP contribution in [0.3, 0.4) is 0 Å². The Morgan fingerprint density at radius 2 is 2.12 bits per heavy atom. The van der Waals surface area contributed by atoms with Crippen molar-refractivity contribution >= 4 is 23.4 Å². The molecule has 0 aliphatic heterocycles. The van der Waals surface area contributed by atoms with Crippen LogP contribution in [0.15, 0.2) is 11.5 Å². The van der Waals surface area contributed by atoms with E-state index in [1.54, 1.807) is 11.0 Å². The summed E-state index contributed by atoms with van der Waals surface area (Å²) in [7, 11) is 1.87. The predicted octanol–water partition coefficient (Wildman–Crippen LogP) is 2.94. The summed E-state index contributed by atoms with van der Waals surface area (Å²) >= 11 is 1.43. The quantitative estimate of drug-likeness (QED) is 0.585. The first-order valence-electron chi connectivity index (χ1n) is 8.29. The van der Waals surface area contributed by atoms with Crippen LogP contribution in [0.25, 0.3) is 0 Å². The van der Waals surface area contributed by atoms with E-state index in [2.05, 4.69) is 27.5 Å². The van der Waals surface area contributed by atoms with Crippen LogP contribution in [-0.2, 0) is 18.4 Å². The highest BCUT2D eigenvalue weighted by Crippen LogP contribution is 2.24. The second-order valence-corrected chi connectivity index (χ2v) is 7.24. The van der Waals surface area contributed by atoms with Gasteiger partial charge in [-0.05, 0) is 27.2 Å². The number of carbonyl (C=O) groups excluding carboxylic acids is 1. The largest absolute Gasteiger partial charge is 0.322 e. The number of hydrogen-bond acceptors (Lipinski definition) is 5. The Morgan fingerprint density at radius 1 is 1.38 bits per heavy atom. The van der Waals surface area contributed by atoms with E-state index in [0.29, 0.717) is 0 Å². The molecule has 0 saturated heterocycles. The SMILES string of the molecule is CCCCCn1cnnc1S[C@@H](C)C(=O)Nc1c(C)nn(C)c1C. The summed E-state index contributed by atoms with van der Waals surface area (Å²) in [5, 5.41) is 15.9. The van der Waals surface area contributed by atoms with E-state index >= 15 is 0 Å². The molecular weight excluding hydrogens is 324 g/mol. The molecule has 2 rings (SSSR count). The zero-order valence-electron chi connectivity index (χ0n) is 15.0. The minimum absolute atomic E-state index is 0.0534. The number of aryl methyl sites for hydroxylation is 3. The topological polar surface area (TPSA) is 77.6 Å². The molecule has 0 bridgehead atoms. The minimum Gasteiger partial charge on any atom is -0.322 e. The maximum atomic E-state index is 12.5. The molecule has 8 heteroatoms. The van der Waals surface area contributed by atoms with Gasteiger partial charge in [-0.3, -0.25) is 9.48 Å². The molecule has 0 unspecified atom stereocenters. The predicted molar refractivity (Wildman–Crippen MR) is 96.2 cm³/mol. The highest BCUT2D eigenvalue weighted by molar-refractivity contribution is 8.00. The summed E-state index contributed by atoms with van der Waals surface area (Å²) in [6.45, 7) is 8.78. The molecule has 0 aromatic carbocycles. The number of anilines is 1. The van der Waals surface area contributed by atoms with Crippen LogP contribution in [0.4, 0.5) is 5.69 Å². The molecule has 0 spiro atoms. The average molecular weight is 350 g/mol. The second kappa shape index (κ2) is 8.32. The van der Waals surface area contributed by atoms with Crippen molar-refractivity contribution in [2.75, 3.05) is 5.32 Å². The first-order chi connectivity index (χ1) is 11.4. The third kappa shape index (κ3) is 4.37. The first-order valence-corrected chi connectivity index (χ1v) is 9.17. The number of hydrogen-bond donors (Lipinski definition) is 1. The number of carbonyl (C=O) groups is 1. The highest BCUT2D eigenvalue weighted by atomic mass is 32.2. The van der Waals surface area contributed by atoms with Crippen molar-refractivity contribution in [3.8, 4) is 0 Å². The van der Waals surface area contributed by atoms with E-state index in [1.807, 2.05) is 32.4 Å². The van der Waals surface area contributed by atoms with Gasteiger partial charge in [-0.1, -0.05) is 31.5 Å². The van der Waals surface area contributed by atoms with Crippen LogP contribution in [-0.4, -0.2) is 35.7 Å². The Morgan fingerprint density at radius 3 is 2.75 bits per heavy atom. The van der Waals surface area contributed by atoms with Gasteiger partial charge in [0.1, 0.15) is 6.33 Å². The zero-order valence-corrected chi connectivity index (χ0v) is 15.9. The number of thioether (sulfide) groups is 1. The number of nitrogens with zero attached hydrogens (tertiary/aromatic N) is 5. The molecule has 0 aliphatic carbocycles. The van der Waals surface area contributed by atoms with Crippen LogP contribution in [0, 0.1) is 13.8 Å². The third-order valence-electron chi connectivity index (χ3n) is 3.99. The second-order valence-electron chi connectivity index (χ2n) is 5.93. The van der Waals surface area contributed by atoms with Gasteiger partial charge in [0.2, 0.25) is 5.91 Å². The number of rotatable bonds is 8. The molecular formula is C16H26N6OS. The molecule has 132 valence electrons. The van der Waals surface area contributed by atoms with Gasteiger partial charge in [0.05, 0.1) is 22.3 Å². The molecule has 1 amide bonds. The van der Waals surface area contributed by atoms with Crippen LogP contribution in [0.2, 0.25) is 0 Å². The molecule has 24 heavy (non-hydrogen) atoms. The smallest absolute Gasteiger partial charge is 0.237 e. The van der Waals surface area contributed by atoms with Gasteiger partial charge in [0.25, 0.3) is 0 Å². The van der Waals surface area contributed by atoms with Crippen LogP contribution in [0.5, 0.6) is 0 Å². The number of amides is 1. The van der Waals surface area contributed by atoms with Crippen molar-refractivity contribution in [3.05, 3.63) is 17.7 Å². The van der Waals surface area contributed by atoms with Gasteiger partial charge in [0.15, 0.2) is 5.16 Å². The van der Waals surface area contributed by atoms with E-state index in [4.69, 9.17) is 0 Å². The Labute approximate surface area is 147 Å². The van der Waals surface area contributed by atoms with Crippen molar-refractivity contribution in [3.63, 3.8) is 0 Å². The van der Waals surface area contributed by atoms with Crippen molar-refractivity contribution in [1.82, 2.24) is 24.5 Å². The van der Waals surface area contributed by atoms with E-state index in [1.165, 1.54) is 24.6 Å². The minimum atomic E-state index is -0.266. The standard InChI is InChI=1S/C16H26N6OS/c1-6-7-8-9-22-10-17-19-16(22)24-13(4)15(23)18-14-11(2)20-21(5)12(14)3/h10,13H,6-9H2,1-5H3,(H,18,23)/t13-/m0/s1. The molecule has 2 heterocycles. The lowest BCUT2D eigenvalue weighted by atomic mass is 10.2. The van der Waals surface area contributed by atoms with E-state index in [0.717, 1.165) is 35.2 Å². The van der Waals surface area contributed by atoms with Crippen LogP contribution >= 0.6 is 11.8 Å². The van der Waals surface area contributed by atoms with Crippen molar-refractivity contribution in [1.29, 1.82) is 0 Å². The fraction of sp³-hybridized carbons (Fsp3) is 0.625. The fourth-order valence-electron chi connectivity index (χ4n) is 2.41. The molecule has 0 aliphatic rings. The summed E-state index contributed by atoms with van der Waals surface area (Å²) < 4.78 is 3.79. The highest BCUT2D eigenvalue weighted by Gasteiger charge is 2.20. The van der Waals surface area contributed by atoms with Gasteiger partial charge in [-0.25, -0.2) is 0 Å². The Kier molecular flexibility index (Phi) is 6.42. The summed E-state index contributed by atoms with van der Waals surface area (Å²) in [5.41, 5.74) is 2.56. The van der Waals surface area contributed by atoms with E-state index in [-0.39, 0.29) is 11.2 Å². The molecule has 1 atom stereocenters. The lowest BCUT2D eigenvalue weighted by Gasteiger charge is -2.12. The third-order valence-corrected chi connectivity index (χ3v) is 5.09. The van der Waals surface area contributed by atoms with Gasteiger partial charge in [0, 0.05) is 13.6 Å². The normalized spacial score (nSPS) is 12.4. The molecule has 0 saturated carbocycles. The van der Waals surface area contributed by atoms with Crippen LogP contribution < -0.4 is 5.32 Å². The fourth-order valence-corrected chi connectivity index (χ4v) is 3.26. The van der Waals surface area contributed by atoms with E-state index in [9.17, 15) is 4.79 Å². The molecule has 0 fully saturated rings. The molecule has 7 nitrogen and oxygen atoms in total. The lowest BCUT2D eigenvalue weighted by molar-refractivity contribution is -0.115.